The third-order valence-electron chi connectivity index (χ3n) is 9.17. The van der Waals surface area contributed by atoms with Crippen LogP contribution >= 0.6 is 0 Å². The van der Waals surface area contributed by atoms with Gasteiger partial charge in [-0.25, -0.2) is 0 Å². The minimum Gasteiger partial charge on any atom is -0.103 e. The van der Waals surface area contributed by atoms with E-state index < -0.39 is 8.07 Å². The molecular formula is C29H44Si. The summed E-state index contributed by atoms with van der Waals surface area (Å²) in [5, 5.41) is 0. The van der Waals surface area contributed by atoms with Gasteiger partial charge in [0.25, 0.3) is 0 Å². The van der Waals surface area contributed by atoms with Crippen LogP contribution in [0.5, 0.6) is 0 Å². The molecule has 0 radical (unpaired) electrons. The Morgan fingerprint density at radius 1 is 1.00 bits per heavy atom. The highest BCUT2D eigenvalue weighted by atomic mass is 28.3. The molecule has 0 aromatic carbocycles. The van der Waals surface area contributed by atoms with Crippen molar-refractivity contribution in [3.05, 3.63) is 60.3 Å². The minimum atomic E-state index is -1.44. The number of hydrogen-bond acceptors (Lipinski definition) is 0. The van der Waals surface area contributed by atoms with Crippen molar-refractivity contribution in [3.63, 3.8) is 0 Å². The van der Waals surface area contributed by atoms with Crippen LogP contribution in [0.1, 0.15) is 59.8 Å². The van der Waals surface area contributed by atoms with E-state index in [0.717, 1.165) is 28.8 Å². The van der Waals surface area contributed by atoms with E-state index in [4.69, 9.17) is 0 Å². The molecular weight excluding hydrogens is 376 g/mol. The molecule has 4 aliphatic rings. The summed E-state index contributed by atoms with van der Waals surface area (Å²) < 4.78 is 0. The van der Waals surface area contributed by atoms with E-state index in [2.05, 4.69) is 89.9 Å². The first kappa shape index (κ1) is 22.1. The van der Waals surface area contributed by atoms with Gasteiger partial charge in [0.05, 0.1) is 8.07 Å². The Balaban J connectivity index is 1.67. The lowest BCUT2D eigenvalue weighted by Gasteiger charge is -2.43. The van der Waals surface area contributed by atoms with Crippen LogP contribution in [-0.4, -0.2) is 8.07 Å². The minimum absolute atomic E-state index is 0.246. The van der Waals surface area contributed by atoms with Gasteiger partial charge in [-0.15, -0.1) is 6.58 Å². The van der Waals surface area contributed by atoms with Gasteiger partial charge in [-0.3, -0.25) is 0 Å². The monoisotopic (exact) mass is 420 g/mol. The Morgan fingerprint density at radius 2 is 1.67 bits per heavy atom. The van der Waals surface area contributed by atoms with E-state index in [1.54, 1.807) is 5.57 Å². The molecule has 7 atom stereocenters. The second kappa shape index (κ2) is 8.12. The van der Waals surface area contributed by atoms with E-state index in [1.165, 1.54) is 37.7 Å². The summed E-state index contributed by atoms with van der Waals surface area (Å²) in [6, 6.07) is 0. The van der Waals surface area contributed by atoms with Crippen LogP contribution in [0.2, 0.25) is 24.2 Å². The van der Waals surface area contributed by atoms with Crippen LogP contribution in [0.15, 0.2) is 60.3 Å². The Kier molecular flexibility index (Phi) is 5.99. The SMILES string of the molecule is C=CCCC1CCC([Si](C)(C)C2C3C=C(C)C=CC3C3C=CC(C(C)(C)C)=CC32)C1. The molecule has 4 aliphatic carbocycles. The van der Waals surface area contributed by atoms with Gasteiger partial charge in [0.2, 0.25) is 0 Å². The summed E-state index contributed by atoms with van der Waals surface area (Å²) in [7, 11) is -1.44. The molecule has 0 saturated heterocycles. The average molecular weight is 421 g/mol. The number of rotatable bonds is 5. The van der Waals surface area contributed by atoms with Crippen LogP contribution in [0, 0.1) is 35.0 Å². The first-order valence-electron chi connectivity index (χ1n) is 12.5. The molecule has 0 heterocycles. The zero-order chi connectivity index (χ0) is 21.7. The quantitative estimate of drug-likeness (QED) is 0.308. The van der Waals surface area contributed by atoms with Crippen molar-refractivity contribution in [2.24, 2.45) is 35.0 Å². The molecule has 0 bridgehead atoms. The predicted molar refractivity (Wildman–Crippen MR) is 135 cm³/mol. The van der Waals surface area contributed by atoms with Gasteiger partial charge in [0.1, 0.15) is 0 Å². The van der Waals surface area contributed by atoms with E-state index in [0.29, 0.717) is 11.8 Å². The van der Waals surface area contributed by atoms with Crippen molar-refractivity contribution < 1.29 is 0 Å². The Labute approximate surface area is 187 Å². The summed E-state index contributed by atoms with van der Waals surface area (Å²) >= 11 is 0. The standard InChI is InChI=1S/C29H44Si/c1-8-9-10-21-12-14-23(18-21)30(6,7)28-26-17-20(2)11-15-24(26)25-16-13-22(19-27(25)28)29(3,4)5/h8,11,13,15-17,19,21,23-28H,1,9-10,12,14,18H2,2-7H3. The summed E-state index contributed by atoms with van der Waals surface area (Å²) in [5.41, 5.74) is 5.17. The van der Waals surface area contributed by atoms with Crippen molar-refractivity contribution in [1.82, 2.24) is 0 Å². The fourth-order valence-corrected chi connectivity index (χ4v) is 12.4. The number of allylic oxidation sites excluding steroid dienone is 9. The molecule has 0 amide bonds. The van der Waals surface area contributed by atoms with E-state index in [-0.39, 0.29) is 5.41 Å². The smallest absolute Gasteiger partial charge is 0.0548 e. The molecule has 2 saturated carbocycles. The second-order valence-electron chi connectivity index (χ2n) is 12.4. The Morgan fingerprint density at radius 3 is 2.33 bits per heavy atom. The first-order valence-corrected chi connectivity index (χ1v) is 15.7. The zero-order valence-electron chi connectivity index (χ0n) is 20.3. The highest BCUT2D eigenvalue weighted by Gasteiger charge is 2.56. The maximum atomic E-state index is 3.96. The van der Waals surface area contributed by atoms with Gasteiger partial charge in [-0.05, 0) is 77.8 Å². The van der Waals surface area contributed by atoms with Crippen LogP contribution in [0.4, 0.5) is 0 Å². The molecule has 0 spiro atoms. The predicted octanol–water partition coefficient (Wildman–Crippen LogP) is 8.74. The van der Waals surface area contributed by atoms with Crippen molar-refractivity contribution in [3.8, 4) is 0 Å². The molecule has 0 nitrogen and oxygen atoms in total. The van der Waals surface area contributed by atoms with Crippen molar-refractivity contribution >= 4 is 8.07 Å². The molecule has 7 unspecified atom stereocenters. The second-order valence-corrected chi connectivity index (χ2v) is 17.5. The highest BCUT2D eigenvalue weighted by Crippen LogP contribution is 2.63. The lowest BCUT2D eigenvalue weighted by Crippen LogP contribution is -2.42. The third kappa shape index (κ3) is 3.92. The van der Waals surface area contributed by atoms with Crippen LogP contribution in [-0.2, 0) is 0 Å². The van der Waals surface area contributed by atoms with Gasteiger partial charge in [0.15, 0.2) is 0 Å². The zero-order valence-corrected chi connectivity index (χ0v) is 21.3. The summed E-state index contributed by atoms with van der Waals surface area (Å²) in [4.78, 5) is 0. The van der Waals surface area contributed by atoms with Crippen molar-refractivity contribution in [1.29, 1.82) is 0 Å². The van der Waals surface area contributed by atoms with E-state index in [9.17, 15) is 0 Å². The average Bonchev–Trinajstić information content (AvgIpc) is 3.28. The lowest BCUT2D eigenvalue weighted by atomic mass is 9.76. The summed E-state index contributed by atoms with van der Waals surface area (Å²) in [6.07, 6.45) is 24.6. The van der Waals surface area contributed by atoms with Crippen molar-refractivity contribution in [2.45, 2.75) is 84.0 Å². The molecule has 2 fully saturated rings. The van der Waals surface area contributed by atoms with E-state index in [1.807, 2.05) is 0 Å². The normalized spacial score (nSPS) is 38.1. The lowest BCUT2D eigenvalue weighted by molar-refractivity contribution is 0.441. The maximum Gasteiger partial charge on any atom is 0.0548 e. The van der Waals surface area contributed by atoms with Gasteiger partial charge < -0.3 is 0 Å². The Bertz CT molecular complexity index is 784. The maximum absolute atomic E-state index is 3.96. The molecule has 30 heavy (non-hydrogen) atoms. The third-order valence-corrected chi connectivity index (χ3v) is 14.3. The van der Waals surface area contributed by atoms with Crippen LogP contribution < -0.4 is 0 Å². The molecule has 1 heteroatoms. The molecule has 4 rings (SSSR count). The van der Waals surface area contributed by atoms with E-state index >= 15 is 0 Å². The molecule has 0 aromatic heterocycles. The number of fused-ring (bicyclic) bond motifs is 3. The fraction of sp³-hybridized carbons (Fsp3) is 0.655. The Hall–Kier alpha value is -1.08. The topological polar surface area (TPSA) is 0 Å². The fourth-order valence-electron chi connectivity index (χ4n) is 7.42. The van der Waals surface area contributed by atoms with Gasteiger partial charge in [0, 0.05) is 0 Å². The first-order chi connectivity index (χ1) is 14.1. The van der Waals surface area contributed by atoms with Gasteiger partial charge >= 0.3 is 0 Å². The highest BCUT2D eigenvalue weighted by molar-refractivity contribution is 6.80. The van der Waals surface area contributed by atoms with Crippen LogP contribution in [0.25, 0.3) is 0 Å². The van der Waals surface area contributed by atoms with Gasteiger partial charge in [-0.2, -0.15) is 0 Å². The van der Waals surface area contributed by atoms with Gasteiger partial charge in [-0.1, -0.05) is 94.8 Å². The molecule has 0 aromatic rings. The van der Waals surface area contributed by atoms with Crippen LogP contribution in [0.3, 0.4) is 0 Å². The largest absolute Gasteiger partial charge is 0.103 e. The summed E-state index contributed by atoms with van der Waals surface area (Å²) in [6.45, 7) is 19.0. The summed E-state index contributed by atoms with van der Waals surface area (Å²) in [5.74, 6) is 3.85. The number of hydrogen-bond donors (Lipinski definition) is 0. The van der Waals surface area contributed by atoms with Crippen molar-refractivity contribution in [2.75, 3.05) is 0 Å². The molecule has 164 valence electrons. The molecule has 0 aliphatic heterocycles. The molecule has 0 N–H and O–H groups in total.